The number of pyridine rings is 1. The van der Waals surface area contributed by atoms with Crippen molar-refractivity contribution in [2.24, 2.45) is 0 Å². The first-order valence-corrected chi connectivity index (χ1v) is 8.92. The van der Waals surface area contributed by atoms with Gasteiger partial charge in [-0.2, -0.15) is 13.2 Å². The zero-order valence-electron chi connectivity index (χ0n) is 15.8. The summed E-state index contributed by atoms with van der Waals surface area (Å²) < 4.78 is 59.3. The summed E-state index contributed by atoms with van der Waals surface area (Å²) in [6.07, 6.45) is -1.53. The molecule has 3 heterocycles. The van der Waals surface area contributed by atoms with E-state index in [0.717, 1.165) is 22.2 Å². The second kappa shape index (κ2) is 8.32. The third kappa shape index (κ3) is 5.36. The predicted molar refractivity (Wildman–Crippen MR) is 100 cm³/mol. The fourth-order valence-electron chi connectivity index (χ4n) is 2.92. The molecule has 0 atom stereocenters. The SMILES string of the molecule is O=C(Cn1ccc2ncc(-c3ccccc3)cc21)N1CC(F)(F)C1.O=C(O)C(F)(F)F. The van der Waals surface area contributed by atoms with Crippen LogP contribution in [-0.4, -0.2) is 56.6 Å². The first kappa shape index (κ1) is 22.2. The monoisotopic (exact) mass is 441 g/mol. The fraction of sp³-hybridized carbons (Fsp3) is 0.250. The molecule has 1 aliphatic heterocycles. The number of alkyl halides is 5. The molecule has 0 bridgehead atoms. The van der Waals surface area contributed by atoms with Crippen molar-refractivity contribution in [3.05, 3.63) is 54.9 Å². The summed E-state index contributed by atoms with van der Waals surface area (Å²) in [6.45, 7) is -0.934. The van der Waals surface area contributed by atoms with Crippen molar-refractivity contribution >= 4 is 22.9 Å². The van der Waals surface area contributed by atoms with Crippen LogP contribution in [0.15, 0.2) is 54.9 Å². The first-order valence-electron chi connectivity index (χ1n) is 8.92. The molecule has 11 heteroatoms. The fourth-order valence-corrected chi connectivity index (χ4v) is 2.92. The standard InChI is InChI=1S/C18H15F2N3O.C2HF3O2/c19-18(20)11-23(12-18)17(24)10-22-7-6-15-16(22)8-14(9-21-15)13-4-2-1-3-5-13;3-2(4,5)1(6)7/h1-9H,10-12H2;(H,6,7). The Hall–Kier alpha value is -3.50. The van der Waals surface area contributed by atoms with Crippen molar-refractivity contribution in [2.45, 2.75) is 18.6 Å². The smallest absolute Gasteiger partial charge is 0.475 e. The number of amides is 1. The molecular formula is C20H16F5N3O3. The molecule has 1 aliphatic rings. The van der Waals surface area contributed by atoms with E-state index < -0.39 is 31.2 Å². The summed E-state index contributed by atoms with van der Waals surface area (Å²) in [4.78, 5) is 26.6. The van der Waals surface area contributed by atoms with E-state index in [4.69, 9.17) is 9.90 Å². The van der Waals surface area contributed by atoms with Gasteiger partial charge in [-0.05, 0) is 17.7 Å². The number of rotatable bonds is 3. The molecule has 2 aromatic heterocycles. The Balaban J connectivity index is 0.000000339. The van der Waals surface area contributed by atoms with Gasteiger partial charge < -0.3 is 14.6 Å². The van der Waals surface area contributed by atoms with Gasteiger partial charge in [-0.1, -0.05) is 30.3 Å². The van der Waals surface area contributed by atoms with Gasteiger partial charge in [0.05, 0.1) is 24.1 Å². The van der Waals surface area contributed by atoms with E-state index >= 15 is 0 Å². The van der Waals surface area contributed by atoms with Gasteiger partial charge in [-0.25, -0.2) is 13.6 Å². The Bertz CT molecular complexity index is 1090. The van der Waals surface area contributed by atoms with Crippen LogP contribution in [0.5, 0.6) is 0 Å². The highest BCUT2D eigenvalue weighted by Gasteiger charge is 2.46. The number of carbonyl (C=O) groups is 2. The molecule has 0 spiro atoms. The number of hydrogen-bond acceptors (Lipinski definition) is 3. The summed E-state index contributed by atoms with van der Waals surface area (Å²) in [5.74, 6) is -5.80. The maximum absolute atomic E-state index is 12.9. The maximum Gasteiger partial charge on any atom is 0.490 e. The number of carboxylic acids is 1. The molecule has 1 fully saturated rings. The average molecular weight is 441 g/mol. The Morgan fingerprint density at radius 2 is 1.68 bits per heavy atom. The number of nitrogens with zero attached hydrogens (tertiary/aromatic N) is 3. The minimum Gasteiger partial charge on any atom is -0.475 e. The topological polar surface area (TPSA) is 75.4 Å². The van der Waals surface area contributed by atoms with Crippen LogP contribution in [0.1, 0.15) is 0 Å². The maximum atomic E-state index is 12.9. The van der Waals surface area contributed by atoms with Gasteiger partial charge in [0.2, 0.25) is 5.91 Å². The van der Waals surface area contributed by atoms with Crippen LogP contribution >= 0.6 is 0 Å². The lowest BCUT2D eigenvalue weighted by Crippen LogP contribution is -2.59. The highest BCUT2D eigenvalue weighted by atomic mass is 19.4. The van der Waals surface area contributed by atoms with Crippen molar-refractivity contribution in [2.75, 3.05) is 13.1 Å². The van der Waals surface area contributed by atoms with E-state index in [1.54, 1.807) is 17.0 Å². The molecule has 1 amide bonds. The summed E-state index contributed by atoms with van der Waals surface area (Å²) in [5, 5.41) is 7.12. The predicted octanol–water partition coefficient (Wildman–Crippen LogP) is 3.81. The Morgan fingerprint density at radius 1 is 1.06 bits per heavy atom. The quantitative estimate of drug-likeness (QED) is 0.628. The molecule has 0 saturated carbocycles. The number of hydrogen-bond donors (Lipinski definition) is 1. The molecule has 1 aromatic carbocycles. The van der Waals surface area contributed by atoms with E-state index in [1.807, 2.05) is 42.5 Å². The van der Waals surface area contributed by atoms with Crippen LogP contribution in [0.25, 0.3) is 22.2 Å². The number of aromatic nitrogens is 2. The third-order valence-corrected chi connectivity index (χ3v) is 4.47. The number of benzene rings is 1. The molecule has 1 N–H and O–H groups in total. The lowest BCUT2D eigenvalue weighted by Gasteiger charge is -2.38. The first-order chi connectivity index (χ1) is 14.5. The lowest BCUT2D eigenvalue weighted by molar-refractivity contribution is -0.192. The van der Waals surface area contributed by atoms with Gasteiger partial charge in [0, 0.05) is 18.0 Å². The molecule has 4 rings (SSSR count). The van der Waals surface area contributed by atoms with Crippen LogP contribution < -0.4 is 0 Å². The van der Waals surface area contributed by atoms with Crippen molar-refractivity contribution in [1.82, 2.24) is 14.5 Å². The van der Waals surface area contributed by atoms with Crippen LogP contribution in [0.2, 0.25) is 0 Å². The van der Waals surface area contributed by atoms with E-state index in [0.29, 0.717) is 0 Å². The number of carboxylic acid groups (broad SMARTS) is 1. The molecule has 0 unspecified atom stereocenters. The van der Waals surface area contributed by atoms with E-state index in [9.17, 15) is 26.7 Å². The highest BCUT2D eigenvalue weighted by Crippen LogP contribution is 2.27. The van der Waals surface area contributed by atoms with Crippen molar-refractivity contribution in [3.63, 3.8) is 0 Å². The third-order valence-electron chi connectivity index (χ3n) is 4.47. The minimum atomic E-state index is -5.08. The molecule has 6 nitrogen and oxygen atoms in total. The van der Waals surface area contributed by atoms with Crippen molar-refractivity contribution < 1.29 is 36.6 Å². The van der Waals surface area contributed by atoms with Gasteiger partial charge in [-0.3, -0.25) is 9.78 Å². The molecule has 0 aliphatic carbocycles. The largest absolute Gasteiger partial charge is 0.490 e. The zero-order chi connectivity index (χ0) is 22.8. The van der Waals surface area contributed by atoms with E-state index in [1.165, 1.54) is 4.90 Å². The summed E-state index contributed by atoms with van der Waals surface area (Å²) in [7, 11) is 0. The molecular weight excluding hydrogens is 425 g/mol. The van der Waals surface area contributed by atoms with Crippen molar-refractivity contribution in [3.8, 4) is 11.1 Å². The number of halogens is 5. The van der Waals surface area contributed by atoms with E-state index in [2.05, 4.69) is 4.98 Å². The Labute approximate surface area is 172 Å². The second-order valence-corrected chi connectivity index (χ2v) is 6.85. The van der Waals surface area contributed by atoms with Gasteiger partial charge >= 0.3 is 12.1 Å². The highest BCUT2D eigenvalue weighted by molar-refractivity contribution is 5.84. The molecule has 164 valence electrons. The average Bonchev–Trinajstić information content (AvgIpc) is 3.08. The van der Waals surface area contributed by atoms with Crippen LogP contribution in [0, 0.1) is 0 Å². The summed E-state index contributed by atoms with van der Waals surface area (Å²) >= 11 is 0. The summed E-state index contributed by atoms with van der Waals surface area (Å²) in [5.41, 5.74) is 3.58. The molecule has 31 heavy (non-hydrogen) atoms. The minimum absolute atomic E-state index is 0.0412. The van der Waals surface area contributed by atoms with Crippen LogP contribution in [-0.2, 0) is 16.1 Å². The number of carbonyl (C=O) groups excluding carboxylic acids is 1. The molecule has 3 aromatic rings. The van der Waals surface area contributed by atoms with E-state index in [-0.39, 0.29) is 12.5 Å². The number of likely N-dealkylation sites (tertiary alicyclic amines) is 1. The molecule has 1 saturated heterocycles. The van der Waals surface area contributed by atoms with Gasteiger partial charge in [0.15, 0.2) is 0 Å². The lowest BCUT2D eigenvalue weighted by atomic mass is 10.1. The Morgan fingerprint density at radius 3 is 2.23 bits per heavy atom. The second-order valence-electron chi connectivity index (χ2n) is 6.85. The normalized spacial score (nSPS) is 15.1. The number of fused-ring (bicyclic) bond motifs is 1. The van der Waals surface area contributed by atoms with Gasteiger partial charge in [0.25, 0.3) is 5.92 Å². The Kier molecular flexibility index (Phi) is 5.96. The molecule has 0 radical (unpaired) electrons. The van der Waals surface area contributed by atoms with Gasteiger partial charge in [-0.15, -0.1) is 0 Å². The summed E-state index contributed by atoms with van der Waals surface area (Å²) in [6, 6.07) is 13.6. The number of aliphatic carboxylic acids is 1. The van der Waals surface area contributed by atoms with Crippen LogP contribution in [0.4, 0.5) is 22.0 Å². The van der Waals surface area contributed by atoms with Crippen molar-refractivity contribution in [1.29, 1.82) is 0 Å². The van der Waals surface area contributed by atoms with Gasteiger partial charge in [0.1, 0.15) is 6.54 Å². The zero-order valence-corrected chi connectivity index (χ0v) is 15.8. The van der Waals surface area contributed by atoms with Crippen LogP contribution in [0.3, 0.4) is 0 Å².